The number of benzene rings is 3. The maximum Gasteiger partial charge on any atom is 0.259 e. The third-order valence-electron chi connectivity index (χ3n) is 4.43. The van der Waals surface area contributed by atoms with Crippen molar-refractivity contribution in [1.82, 2.24) is 9.78 Å². The van der Waals surface area contributed by atoms with Gasteiger partial charge in [0, 0.05) is 21.9 Å². The Bertz CT molecular complexity index is 1140. The average molecular weight is 448 g/mol. The molecule has 1 heterocycles. The molecule has 0 spiro atoms. The molecule has 1 N–H and O–H groups in total. The van der Waals surface area contributed by atoms with Crippen LogP contribution in [0.2, 0.25) is 0 Å². The Balaban J connectivity index is 1.73. The van der Waals surface area contributed by atoms with E-state index >= 15 is 0 Å². The van der Waals surface area contributed by atoms with E-state index in [1.54, 1.807) is 42.3 Å². The van der Waals surface area contributed by atoms with Crippen molar-refractivity contribution in [2.75, 3.05) is 12.4 Å². The van der Waals surface area contributed by atoms with Crippen LogP contribution in [0.1, 0.15) is 10.4 Å². The van der Waals surface area contributed by atoms with Crippen molar-refractivity contribution < 1.29 is 9.53 Å². The SMILES string of the molecule is COc1ccc(NC(=O)c2cn(-c3ccccc3)nc2-c2cccc(Br)c2)cc1. The van der Waals surface area contributed by atoms with Gasteiger partial charge in [0.1, 0.15) is 11.4 Å². The van der Waals surface area contributed by atoms with Crippen molar-refractivity contribution in [3.8, 4) is 22.7 Å². The molecule has 144 valence electrons. The second-order valence-electron chi connectivity index (χ2n) is 6.36. The Kier molecular flexibility index (Phi) is 5.44. The van der Waals surface area contributed by atoms with Crippen molar-refractivity contribution in [2.45, 2.75) is 0 Å². The van der Waals surface area contributed by atoms with E-state index in [4.69, 9.17) is 9.84 Å². The molecule has 5 nitrogen and oxygen atoms in total. The number of methoxy groups -OCH3 is 1. The number of hydrogen-bond donors (Lipinski definition) is 1. The van der Waals surface area contributed by atoms with Crippen molar-refractivity contribution in [2.24, 2.45) is 0 Å². The molecule has 1 aromatic heterocycles. The monoisotopic (exact) mass is 447 g/mol. The third-order valence-corrected chi connectivity index (χ3v) is 4.92. The van der Waals surface area contributed by atoms with E-state index in [0.717, 1.165) is 21.5 Å². The molecule has 6 heteroatoms. The molecule has 0 unspecified atom stereocenters. The first kappa shape index (κ1) is 19.0. The number of nitrogens with zero attached hydrogens (tertiary/aromatic N) is 2. The van der Waals surface area contributed by atoms with Crippen LogP contribution in [0.15, 0.2) is 89.5 Å². The minimum absolute atomic E-state index is 0.229. The first-order chi connectivity index (χ1) is 14.1. The fourth-order valence-corrected chi connectivity index (χ4v) is 3.37. The number of nitrogens with one attached hydrogen (secondary N) is 1. The van der Waals surface area contributed by atoms with E-state index < -0.39 is 0 Å². The van der Waals surface area contributed by atoms with Crippen LogP contribution in [0.3, 0.4) is 0 Å². The van der Waals surface area contributed by atoms with E-state index in [1.807, 2.05) is 54.6 Å². The van der Waals surface area contributed by atoms with Crippen LogP contribution in [0.25, 0.3) is 16.9 Å². The van der Waals surface area contributed by atoms with Crippen LogP contribution in [0.5, 0.6) is 5.75 Å². The lowest BCUT2D eigenvalue weighted by Crippen LogP contribution is -2.12. The van der Waals surface area contributed by atoms with E-state index in [9.17, 15) is 4.79 Å². The van der Waals surface area contributed by atoms with Crippen molar-refractivity contribution >= 4 is 27.5 Å². The molecule has 0 radical (unpaired) electrons. The summed E-state index contributed by atoms with van der Waals surface area (Å²) in [5.41, 5.74) is 3.52. The molecule has 4 aromatic rings. The quantitative estimate of drug-likeness (QED) is 0.435. The molecule has 0 saturated heterocycles. The standard InChI is InChI=1S/C23H18BrN3O2/c1-29-20-12-10-18(11-13-20)25-23(28)21-15-27(19-8-3-2-4-9-19)26-22(21)16-6-5-7-17(24)14-16/h2-15H,1H3,(H,25,28). The zero-order chi connectivity index (χ0) is 20.2. The zero-order valence-electron chi connectivity index (χ0n) is 15.7. The molecule has 0 aliphatic rings. The predicted molar refractivity (Wildman–Crippen MR) is 118 cm³/mol. The molecule has 0 saturated carbocycles. The van der Waals surface area contributed by atoms with Crippen LogP contribution < -0.4 is 10.1 Å². The smallest absolute Gasteiger partial charge is 0.259 e. The average Bonchev–Trinajstić information content (AvgIpc) is 3.21. The van der Waals surface area contributed by atoms with Crippen LogP contribution in [-0.4, -0.2) is 22.8 Å². The third kappa shape index (κ3) is 4.22. The summed E-state index contributed by atoms with van der Waals surface area (Å²) >= 11 is 3.49. The number of anilines is 1. The largest absolute Gasteiger partial charge is 0.497 e. The van der Waals surface area contributed by atoms with E-state index in [-0.39, 0.29) is 5.91 Å². The maximum atomic E-state index is 13.1. The molecule has 0 atom stereocenters. The van der Waals surface area contributed by atoms with Gasteiger partial charge in [-0.05, 0) is 48.5 Å². The fourth-order valence-electron chi connectivity index (χ4n) is 2.97. The van der Waals surface area contributed by atoms with Crippen LogP contribution in [-0.2, 0) is 0 Å². The van der Waals surface area contributed by atoms with Gasteiger partial charge in [0.15, 0.2) is 0 Å². The van der Waals surface area contributed by atoms with E-state index in [0.29, 0.717) is 16.9 Å². The number of para-hydroxylation sites is 1. The van der Waals surface area contributed by atoms with Gasteiger partial charge in [-0.3, -0.25) is 4.79 Å². The molecule has 0 aliphatic carbocycles. The summed E-state index contributed by atoms with van der Waals surface area (Å²) in [4.78, 5) is 13.1. The van der Waals surface area contributed by atoms with Gasteiger partial charge in [-0.25, -0.2) is 4.68 Å². The van der Waals surface area contributed by atoms with Crippen LogP contribution >= 0.6 is 15.9 Å². The minimum atomic E-state index is -0.229. The first-order valence-corrected chi connectivity index (χ1v) is 9.80. The van der Waals surface area contributed by atoms with Gasteiger partial charge in [-0.2, -0.15) is 5.10 Å². The molecule has 0 fully saturated rings. The van der Waals surface area contributed by atoms with Crippen molar-refractivity contribution in [3.63, 3.8) is 0 Å². The van der Waals surface area contributed by atoms with E-state index in [1.165, 1.54) is 0 Å². The molecular formula is C23H18BrN3O2. The summed E-state index contributed by atoms with van der Waals surface area (Å²) < 4.78 is 7.81. The lowest BCUT2D eigenvalue weighted by Gasteiger charge is -2.07. The summed E-state index contributed by atoms with van der Waals surface area (Å²) in [6, 6.07) is 24.7. The Morgan fingerprint density at radius 3 is 2.45 bits per heavy atom. The number of carbonyl (C=O) groups is 1. The van der Waals surface area contributed by atoms with Crippen molar-refractivity contribution in [3.05, 3.63) is 95.1 Å². The minimum Gasteiger partial charge on any atom is -0.497 e. The lowest BCUT2D eigenvalue weighted by atomic mass is 10.1. The highest BCUT2D eigenvalue weighted by Crippen LogP contribution is 2.27. The van der Waals surface area contributed by atoms with Gasteiger partial charge in [-0.15, -0.1) is 0 Å². The number of hydrogen-bond acceptors (Lipinski definition) is 3. The van der Waals surface area contributed by atoms with Gasteiger partial charge in [-0.1, -0.05) is 46.3 Å². The summed E-state index contributed by atoms with van der Waals surface area (Å²) in [6.45, 7) is 0. The molecule has 3 aromatic carbocycles. The summed E-state index contributed by atoms with van der Waals surface area (Å²) in [7, 11) is 1.61. The summed E-state index contributed by atoms with van der Waals surface area (Å²) in [5.74, 6) is 0.502. The molecule has 0 aliphatic heterocycles. The number of aromatic nitrogens is 2. The summed E-state index contributed by atoms with van der Waals surface area (Å²) in [6.07, 6.45) is 1.75. The Morgan fingerprint density at radius 1 is 1.00 bits per heavy atom. The Hall–Kier alpha value is -3.38. The highest BCUT2D eigenvalue weighted by atomic mass is 79.9. The van der Waals surface area contributed by atoms with Gasteiger partial charge < -0.3 is 10.1 Å². The number of carbonyl (C=O) groups excluding carboxylic acids is 1. The summed E-state index contributed by atoms with van der Waals surface area (Å²) in [5, 5.41) is 7.64. The van der Waals surface area contributed by atoms with Gasteiger partial charge >= 0.3 is 0 Å². The Morgan fingerprint density at radius 2 is 1.76 bits per heavy atom. The zero-order valence-corrected chi connectivity index (χ0v) is 17.3. The van der Waals surface area contributed by atoms with Gasteiger partial charge in [0.05, 0.1) is 18.4 Å². The lowest BCUT2D eigenvalue weighted by molar-refractivity contribution is 0.102. The highest BCUT2D eigenvalue weighted by Gasteiger charge is 2.19. The number of halogens is 1. The Labute approximate surface area is 177 Å². The normalized spacial score (nSPS) is 10.6. The molecule has 1 amide bonds. The van der Waals surface area contributed by atoms with Gasteiger partial charge in [0.2, 0.25) is 0 Å². The second-order valence-corrected chi connectivity index (χ2v) is 7.28. The highest BCUT2D eigenvalue weighted by molar-refractivity contribution is 9.10. The first-order valence-electron chi connectivity index (χ1n) is 9.00. The molecular weight excluding hydrogens is 430 g/mol. The molecule has 29 heavy (non-hydrogen) atoms. The number of ether oxygens (including phenoxy) is 1. The maximum absolute atomic E-state index is 13.1. The van der Waals surface area contributed by atoms with Crippen LogP contribution in [0.4, 0.5) is 5.69 Å². The van der Waals surface area contributed by atoms with Crippen LogP contribution in [0, 0.1) is 0 Å². The van der Waals surface area contributed by atoms with Gasteiger partial charge in [0.25, 0.3) is 5.91 Å². The number of amides is 1. The topological polar surface area (TPSA) is 56.1 Å². The predicted octanol–water partition coefficient (Wildman–Crippen LogP) is 5.56. The number of rotatable bonds is 5. The van der Waals surface area contributed by atoms with Crippen molar-refractivity contribution in [1.29, 1.82) is 0 Å². The fraction of sp³-hybridized carbons (Fsp3) is 0.0435. The van der Waals surface area contributed by atoms with E-state index in [2.05, 4.69) is 21.2 Å². The molecule has 0 bridgehead atoms. The second kappa shape index (κ2) is 8.32. The molecule has 4 rings (SSSR count).